The highest BCUT2D eigenvalue weighted by molar-refractivity contribution is 7.92. The van der Waals surface area contributed by atoms with Crippen LogP contribution in [-0.2, 0) is 26.2 Å². The van der Waals surface area contributed by atoms with Gasteiger partial charge in [-0.05, 0) is 42.3 Å². The van der Waals surface area contributed by atoms with E-state index in [1.807, 2.05) is 0 Å². The lowest BCUT2D eigenvalue weighted by atomic mass is 10.1. The molecule has 3 aromatic carbocycles. The van der Waals surface area contributed by atoms with Crippen LogP contribution in [0.4, 0.5) is 11.4 Å². The van der Waals surface area contributed by atoms with E-state index in [2.05, 4.69) is 5.32 Å². The molecule has 0 aromatic heterocycles. The number of hydrogen-bond donors (Lipinski definition) is 1. The fraction of sp³-hybridized carbons (Fsp3) is 0.259. The highest BCUT2D eigenvalue weighted by Gasteiger charge is 2.33. The van der Waals surface area contributed by atoms with Crippen LogP contribution < -0.4 is 14.4 Å². The molecule has 11 nitrogen and oxygen atoms in total. The third kappa shape index (κ3) is 6.90. The fourth-order valence-electron chi connectivity index (χ4n) is 4.02. The van der Waals surface area contributed by atoms with E-state index in [9.17, 15) is 28.1 Å². The molecule has 1 atom stereocenters. The molecule has 39 heavy (non-hydrogen) atoms. The van der Waals surface area contributed by atoms with Crippen molar-refractivity contribution in [1.82, 2.24) is 10.2 Å². The average molecular weight is 555 g/mol. The fourth-order valence-corrected chi connectivity index (χ4v) is 5.45. The van der Waals surface area contributed by atoms with Gasteiger partial charge in [0.1, 0.15) is 18.3 Å². The van der Waals surface area contributed by atoms with Crippen LogP contribution in [0.5, 0.6) is 5.75 Å². The zero-order valence-corrected chi connectivity index (χ0v) is 22.6. The summed E-state index contributed by atoms with van der Waals surface area (Å²) < 4.78 is 33.5. The van der Waals surface area contributed by atoms with Crippen molar-refractivity contribution in [3.05, 3.63) is 94.5 Å². The molecular formula is C27H30N4O7S. The van der Waals surface area contributed by atoms with Gasteiger partial charge >= 0.3 is 0 Å². The van der Waals surface area contributed by atoms with Gasteiger partial charge in [0.25, 0.3) is 15.7 Å². The minimum atomic E-state index is -4.32. The molecule has 0 radical (unpaired) electrons. The number of likely N-dealkylation sites (N-methyl/N-ethyl adjacent to an activating group) is 1. The average Bonchev–Trinajstić information content (AvgIpc) is 2.96. The Morgan fingerprint density at radius 1 is 1.03 bits per heavy atom. The maximum atomic E-state index is 13.9. The number of benzene rings is 3. The predicted octanol–water partition coefficient (Wildman–Crippen LogP) is 3.35. The number of nitro benzene ring substituents is 1. The van der Waals surface area contributed by atoms with Gasteiger partial charge in [0.2, 0.25) is 11.8 Å². The lowest BCUT2D eigenvalue weighted by molar-refractivity contribution is -0.384. The van der Waals surface area contributed by atoms with Gasteiger partial charge in [-0.3, -0.25) is 24.0 Å². The monoisotopic (exact) mass is 554 g/mol. The van der Waals surface area contributed by atoms with Gasteiger partial charge in [-0.1, -0.05) is 43.3 Å². The molecule has 0 heterocycles. The number of non-ortho nitro benzene ring substituents is 1. The smallest absolute Gasteiger partial charge is 0.271 e. The van der Waals surface area contributed by atoms with Crippen LogP contribution >= 0.6 is 0 Å². The molecule has 0 bridgehead atoms. The summed E-state index contributed by atoms with van der Waals surface area (Å²) >= 11 is 0. The van der Waals surface area contributed by atoms with Crippen LogP contribution in [0.1, 0.15) is 18.9 Å². The first-order valence-corrected chi connectivity index (χ1v) is 13.5. The van der Waals surface area contributed by atoms with E-state index in [1.54, 1.807) is 37.3 Å². The van der Waals surface area contributed by atoms with E-state index in [0.717, 1.165) is 10.4 Å². The Morgan fingerprint density at radius 2 is 1.69 bits per heavy atom. The first kappa shape index (κ1) is 29.1. The number of nitrogens with zero attached hydrogens (tertiary/aromatic N) is 3. The number of hydrogen-bond acceptors (Lipinski definition) is 7. The molecule has 0 saturated carbocycles. The van der Waals surface area contributed by atoms with Crippen LogP contribution in [-0.4, -0.2) is 56.8 Å². The normalized spacial score (nSPS) is 11.8. The van der Waals surface area contributed by atoms with E-state index < -0.39 is 39.3 Å². The minimum absolute atomic E-state index is 0.0168. The number of nitro groups is 1. The third-order valence-corrected chi connectivity index (χ3v) is 7.87. The van der Waals surface area contributed by atoms with E-state index in [0.29, 0.717) is 11.3 Å². The van der Waals surface area contributed by atoms with E-state index in [-0.39, 0.29) is 29.2 Å². The summed E-state index contributed by atoms with van der Waals surface area (Å²) in [7, 11) is -1.34. The first-order chi connectivity index (χ1) is 18.6. The van der Waals surface area contributed by atoms with Crippen molar-refractivity contribution >= 4 is 33.2 Å². The highest BCUT2D eigenvalue weighted by atomic mass is 32.2. The van der Waals surface area contributed by atoms with Crippen LogP contribution in [0.15, 0.2) is 83.8 Å². The van der Waals surface area contributed by atoms with Crippen molar-refractivity contribution in [3.8, 4) is 5.75 Å². The zero-order valence-electron chi connectivity index (χ0n) is 21.8. The second-order valence-electron chi connectivity index (χ2n) is 8.51. The largest absolute Gasteiger partial charge is 0.497 e. The molecule has 12 heteroatoms. The minimum Gasteiger partial charge on any atom is -0.497 e. The van der Waals surface area contributed by atoms with Gasteiger partial charge in [-0.2, -0.15) is 0 Å². The van der Waals surface area contributed by atoms with Crippen LogP contribution in [0.2, 0.25) is 0 Å². The number of sulfonamides is 1. The van der Waals surface area contributed by atoms with E-state index in [1.165, 1.54) is 61.5 Å². The highest BCUT2D eigenvalue weighted by Crippen LogP contribution is 2.28. The summed E-state index contributed by atoms with van der Waals surface area (Å²) in [5.41, 5.74) is 0.304. The van der Waals surface area contributed by atoms with Crippen molar-refractivity contribution in [3.63, 3.8) is 0 Å². The molecule has 0 saturated heterocycles. The lowest BCUT2D eigenvalue weighted by Crippen LogP contribution is -2.51. The van der Waals surface area contributed by atoms with Crippen molar-refractivity contribution in [2.75, 3.05) is 25.0 Å². The number of anilines is 1. The second kappa shape index (κ2) is 12.9. The Bertz CT molecular complexity index is 1410. The standard InChI is InChI=1S/C27H30N4O7S/c1-4-25(27(33)28-2)29(18-20-13-15-23(38-3)16-14-20)26(32)19-30(21-9-8-10-22(17-21)31(34)35)39(36,37)24-11-6-5-7-12-24/h5-17,25H,4,18-19H2,1-3H3,(H,28,33)/t25-/m0/s1. The van der Waals surface area contributed by atoms with Gasteiger partial charge in [-0.25, -0.2) is 8.42 Å². The summed E-state index contributed by atoms with van der Waals surface area (Å²) in [4.78, 5) is 38.6. The molecule has 0 aliphatic rings. The third-order valence-electron chi connectivity index (χ3n) is 6.08. The van der Waals surface area contributed by atoms with Gasteiger partial charge in [0.15, 0.2) is 0 Å². The maximum absolute atomic E-state index is 13.9. The molecule has 2 amide bonds. The van der Waals surface area contributed by atoms with Gasteiger partial charge in [0, 0.05) is 25.7 Å². The predicted molar refractivity (Wildman–Crippen MR) is 146 cm³/mol. The maximum Gasteiger partial charge on any atom is 0.271 e. The molecule has 3 rings (SSSR count). The van der Waals surface area contributed by atoms with Crippen molar-refractivity contribution < 1.29 is 27.7 Å². The number of rotatable bonds is 12. The number of amides is 2. The summed E-state index contributed by atoms with van der Waals surface area (Å²) in [6.45, 7) is 1.07. The molecule has 0 spiro atoms. The quantitative estimate of drug-likeness (QED) is 0.268. The van der Waals surface area contributed by atoms with Gasteiger partial charge in [-0.15, -0.1) is 0 Å². The number of methoxy groups -OCH3 is 1. The zero-order chi connectivity index (χ0) is 28.6. The summed E-state index contributed by atoms with van der Waals surface area (Å²) in [6.07, 6.45) is 0.268. The molecular weight excluding hydrogens is 524 g/mol. The number of carbonyl (C=O) groups is 2. The summed E-state index contributed by atoms with van der Waals surface area (Å²) in [5.74, 6) is -0.458. The molecule has 1 N–H and O–H groups in total. The molecule has 0 unspecified atom stereocenters. The summed E-state index contributed by atoms with van der Waals surface area (Å²) in [5, 5.41) is 14.0. The Hall–Kier alpha value is -4.45. The van der Waals surface area contributed by atoms with Crippen molar-refractivity contribution in [2.45, 2.75) is 30.8 Å². The second-order valence-corrected chi connectivity index (χ2v) is 10.4. The van der Waals surface area contributed by atoms with Crippen molar-refractivity contribution in [2.24, 2.45) is 0 Å². The molecule has 3 aromatic rings. The van der Waals surface area contributed by atoms with Crippen molar-refractivity contribution in [1.29, 1.82) is 0 Å². The Morgan fingerprint density at radius 3 is 2.26 bits per heavy atom. The topological polar surface area (TPSA) is 139 Å². The van der Waals surface area contributed by atoms with Crippen LogP contribution in [0.25, 0.3) is 0 Å². The van der Waals surface area contributed by atoms with Gasteiger partial charge < -0.3 is 15.0 Å². The molecule has 0 aliphatic carbocycles. The lowest BCUT2D eigenvalue weighted by Gasteiger charge is -2.33. The molecule has 206 valence electrons. The first-order valence-electron chi connectivity index (χ1n) is 12.1. The molecule has 0 fully saturated rings. The number of ether oxygens (including phenoxy) is 1. The Kier molecular flexibility index (Phi) is 9.61. The Labute approximate surface area is 227 Å². The van der Waals surface area contributed by atoms with Gasteiger partial charge in [0.05, 0.1) is 22.6 Å². The Balaban J connectivity index is 2.08. The van der Waals surface area contributed by atoms with E-state index >= 15 is 0 Å². The van der Waals surface area contributed by atoms with E-state index in [4.69, 9.17) is 4.74 Å². The molecule has 0 aliphatic heterocycles. The van der Waals surface area contributed by atoms with Crippen LogP contribution in [0.3, 0.4) is 0 Å². The summed E-state index contributed by atoms with van der Waals surface area (Å²) in [6, 6.07) is 18.5. The number of carbonyl (C=O) groups excluding carboxylic acids is 2. The van der Waals surface area contributed by atoms with Crippen LogP contribution in [0, 0.1) is 10.1 Å². The number of nitrogens with one attached hydrogen (secondary N) is 1. The SMILES string of the molecule is CC[C@@H](C(=O)NC)N(Cc1ccc(OC)cc1)C(=O)CN(c1cccc([N+](=O)[O-])c1)S(=O)(=O)c1ccccc1.